The Morgan fingerprint density at radius 3 is 2.76 bits per heavy atom. The quantitative estimate of drug-likeness (QED) is 0.723. The van der Waals surface area contributed by atoms with Gasteiger partial charge in [-0.1, -0.05) is 17.7 Å². The third-order valence-corrected chi connectivity index (χ3v) is 5.54. The average Bonchev–Trinajstić information content (AvgIpc) is 3.16. The number of carbonyl (C=O) groups is 1. The number of methoxy groups -OCH3 is 1. The molecule has 6 nitrogen and oxygen atoms in total. The van der Waals surface area contributed by atoms with Gasteiger partial charge < -0.3 is 19.5 Å². The van der Waals surface area contributed by atoms with Crippen LogP contribution in [0.5, 0.6) is 5.75 Å². The maximum atomic E-state index is 12.3. The first-order valence-electron chi connectivity index (χ1n) is 9.60. The van der Waals surface area contributed by atoms with E-state index in [2.05, 4.69) is 10.6 Å². The number of carbonyl (C=O) groups excluding carboxylic acids is 1. The highest BCUT2D eigenvalue weighted by Crippen LogP contribution is 2.54. The molecule has 0 saturated carbocycles. The van der Waals surface area contributed by atoms with E-state index in [0.29, 0.717) is 17.3 Å². The largest absolute Gasteiger partial charge is 0.496 e. The van der Waals surface area contributed by atoms with E-state index in [0.717, 1.165) is 29.0 Å². The van der Waals surface area contributed by atoms with Crippen molar-refractivity contribution in [1.82, 2.24) is 0 Å². The molecule has 2 aliphatic heterocycles. The van der Waals surface area contributed by atoms with Gasteiger partial charge in [-0.15, -0.1) is 0 Å². The van der Waals surface area contributed by atoms with Crippen LogP contribution in [0.3, 0.4) is 0 Å². The number of hydrogen-bond acceptors (Lipinski definition) is 5. The fourth-order valence-corrected chi connectivity index (χ4v) is 4.37. The van der Waals surface area contributed by atoms with Crippen molar-refractivity contribution in [3.05, 3.63) is 52.5 Å². The predicted octanol–water partition coefficient (Wildman–Crippen LogP) is 5.15. The summed E-state index contributed by atoms with van der Waals surface area (Å²) in [5.41, 5.74) is 2.64. The van der Waals surface area contributed by atoms with E-state index in [1.807, 2.05) is 51.1 Å². The van der Waals surface area contributed by atoms with Crippen molar-refractivity contribution in [3.8, 4) is 5.75 Å². The number of hydrogen-bond donors (Lipinski definition) is 2. The van der Waals surface area contributed by atoms with E-state index >= 15 is 0 Å². The first kappa shape index (κ1) is 19.9. The molecular weight excluding hydrogens is 392 g/mol. The number of anilines is 2. The van der Waals surface area contributed by atoms with Gasteiger partial charge in [0.25, 0.3) is 0 Å². The molecule has 0 radical (unpaired) electrons. The second kappa shape index (κ2) is 7.11. The summed E-state index contributed by atoms with van der Waals surface area (Å²) in [6.07, 6.45) is 0.0506. The Hall–Kier alpha value is -2.44. The Morgan fingerprint density at radius 2 is 2.03 bits per heavy atom. The average molecular weight is 417 g/mol. The maximum absolute atomic E-state index is 12.3. The van der Waals surface area contributed by atoms with E-state index in [1.165, 1.54) is 0 Å². The van der Waals surface area contributed by atoms with Gasteiger partial charge >= 0.3 is 6.09 Å². The molecule has 2 unspecified atom stereocenters. The van der Waals surface area contributed by atoms with E-state index in [-0.39, 0.29) is 6.23 Å². The molecule has 4 rings (SSSR count). The van der Waals surface area contributed by atoms with Crippen molar-refractivity contribution < 1.29 is 19.0 Å². The molecule has 2 N–H and O–H groups in total. The van der Waals surface area contributed by atoms with Crippen LogP contribution in [-0.4, -0.2) is 31.6 Å². The van der Waals surface area contributed by atoms with Crippen molar-refractivity contribution in [2.45, 2.75) is 44.4 Å². The highest BCUT2D eigenvalue weighted by atomic mass is 35.5. The van der Waals surface area contributed by atoms with Gasteiger partial charge in [0.1, 0.15) is 17.6 Å². The minimum atomic E-state index is -0.573. The van der Waals surface area contributed by atoms with Crippen molar-refractivity contribution >= 4 is 29.1 Å². The highest BCUT2D eigenvalue weighted by Gasteiger charge is 2.54. The van der Waals surface area contributed by atoms with Gasteiger partial charge in [-0.25, -0.2) is 4.79 Å². The molecule has 7 heteroatoms. The first-order chi connectivity index (χ1) is 13.7. The molecule has 0 spiro atoms. The van der Waals surface area contributed by atoms with Crippen LogP contribution in [0.15, 0.2) is 36.4 Å². The molecule has 29 heavy (non-hydrogen) atoms. The van der Waals surface area contributed by atoms with Crippen molar-refractivity contribution in [2.24, 2.45) is 0 Å². The lowest BCUT2D eigenvalue weighted by molar-refractivity contribution is 0.0636. The van der Waals surface area contributed by atoms with Gasteiger partial charge in [0, 0.05) is 22.0 Å². The second-order valence-corrected chi connectivity index (χ2v) is 8.78. The Bertz CT molecular complexity index is 956. The van der Waals surface area contributed by atoms with Crippen molar-refractivity contribution in [2.75, 3.05) is 24.4 Å². The predicted molar refractivity (Wildman–Crippen MR) is 113 cm³/mol. The van der Waals surface area contributed by atoms with E-state index in [9.17, 15) is 4.79 Å². The third kappa shape index (κ3) is 3.51. The molecule has 154 valence electrons. The fourth-order valence-electron chi connectivity index (χ4n) is 4.19. The van der Waals surface area contributed by atoms with E-state index < -0.39 is 17.1 Å². The normalized spacial score (nSPS) is 22.4. The third-order valence-electron chi connectivity index (χ3n) is 5.30. The molecule has 0 aliphatic carbocycles. The fraction of sp³-hybridized carbons (Fsp3) is 0.409. The maximum Gasteiger partial charge on any atom is 0.412 e. The highest BCUT2D eigenvalue weighted by molar-refractivity contribution is 6.30. The Balaban J connectivity index is 1.77. The number of benzene rings is 2. The lowest BCUT2D eigenvalue weighted by Crippen LogP contribution is -2.36. The van der Waals surface area contributed by atoms with Crippen LogP contribution < -0.4 is 15.4 Å². The Morgan fingerprint density at radius 1 is 1.24 bits per heavy atom. The molecule has 0 bridgehead atoms. The lowest BCUT2D eigenvalue weighted by atomic mass is 9.73. The molecule has 1 amide bonds. The smallest absolute Gasteiger partial charge is 0.412 e. The van der Waals surface area contributed by atoms with Crippen LogP contribution in [0.2, 0.25) is 5.02 Å². The van der Waals surface area contributed by atoms with Gasteiger partial charge in [-0.05, 0) is 63.1 Å². The van der Waals surface area contributed by atoms with Crippen molar-refractivity contribution in [3.63, 3.8) is 0 Å². The minimum absolute atomic E-state index is 0.235. The summed E-state index contributed by atoms with van der Waals surface area (Å²) in [6, 6.07) is 11.4. The molecule has 2 atom stereocenters. The summed E-state index contributed by atoms with van der Waals surface area (Å²) in [4.78, 5) is 12.3. The second-order valence-electron chi connectivity index (χ2n) is 8.35. The monoisotopic (exact) mass is 416 g/mol. The van der Waals surface area contributed by atoms with Gasteiger partial charge in [-0.2, -0.15) is 0 Å². The van der Waals surface area contributed by atoms with Crippen LogP contribution in [0.1, 0.15) is 38.3 Å². The molecular formula is C22H25ClN2O4. The zero-order valence-electron chi connectivity index (χ0n) is 17.0. The Kier molecular flexibility index (Phi) is 4.87. The molecule has 2 aromatic carbocycles. The lowest BCUT2D eigenvalue weighted by Gasteiger charge is -2.31. The van der Waals surface area contributed by atoms with Crippen LogP contribution in [0, 0.1) is 0 Å². The van der Waals surface area contributed by atoms with E-state index in [1.54, 1.807) is 13.2 Å². The molecule has 1 fully saturated rings. The zero-order chi connectivity index (χ0) is 20.8. The Labute approximate surface area is 175 Å². The molecule has 2 heterocycles. The van der Waals surface area contributed by atoms with Gasteiger partial charge in [0.05, 0.1) is 19.1 Å². The summed E-state index contributed by atoms with van der Waals surface area (Å²) >= 11 is 6.20. The van der Waals surface area contributed by atoms with Crippen LogP contribution in [0.25, 0.3) is 0 Å². The molecule has 2 aromatic rings. The standard InChI is InChI=1S/C22H25ClN2O4/c1-21(2,3)29-20(26)24-14-6-8-18(27-4)16(12-14)22-9-10-28-19(22)25-17-11-13(23)5-7-15(17)22/h5-8,11-12,19,25H,9-10H2,1-4H3,(H,24,26). The summed E-state index contributed by atoms with van der Waals surface area (Å²) in [5.74, 6) is 0.736. The number of rotatable bonds is 3. The molecule has 0 aromatic heterocycles. The van der Waals surface area contributed by atoms with Crippen LogP contribution in [-0.2, 0) is 14.9 Å². The number of halogens is 1. The number of fused-ring (bicyclic) bond motifs is 3. The SMILES string of the molecule is COc1ccc(NC(=O)OC(C)(C)C)cc1C12CCOC1Nc1cc(Cl)ccc12. The summed E-state index contributed by atoms with van der Waals surface area (Å²) in [7, 11) is 1.65. The molecule has 1 saturated heterocycles. The van der Waals surface area contributed by atoms with Gasteiger partial charge in [0.2, 0.25) is 0 Å². The topological polar surface area (TPSA) is 68.8 Å². The van der Waals surface area contributed by atoms with Gasteiger partial charge in [0.15, 0.2) is 0 Å². The zero-order valence-corrected chi connectivity index (χ0v) is 17.7. The van der Waals surface area contributed by atoms with E-state index in [4.69, 9.17) is 25.8 Å². The number of amides is 1. The summed E-state index contributed by atoms with van der Waals surface area (Å²) in [5, 5.41) is 6.93. The summed E-state index contributed by atoms with van der Waals surface area (Å²) < 4.78 is 17.1. The number of ether oxygens (including phenoxy) is 3. The van der Waals surface area contributed by atoms with Crippen LogP contribution in [0.4, 0.5) is 16.2 Å². The number of nitrogens with one attached hydrogen (secondary N) is 2. The minimum Gasteiger partial charge on any atom is -0.496 e. The van der Waals surface area contributed by atoms with Crippen molar-refractivity contribution in [1.29, 1.82) is 0 Å². The summed E-state index contributed by atoms with van der Waals surface area (Å²) in [6.45, 7) is 6.11. The molecule has 2 aliphatic rings. The van der Waals surface area contributed by atoms with Crippen LogP contribution >= 0.6 is 11.6 Å². The van der Waals surface area contributed by atoms with Gasteiger partial charge in [-0.3, -0.25) is 5.32 Å². The first-order valence-corrected chi connectivity index (χ1v) is 9.97.